The van der Waals surface area contributed by atoms with E-state index in [0.29, 0.717) is 31.6 Å². The molecule has 0 spiro atoms. The average Bonchev–Trinajstić information content (AvgIpc) is 3.25. The number of aromatic nitrogens is 1. The zero-order valence-corrected chi connectivity index (χ0v) is 17.1. The Labute approximate surface area is 174 Å². The number of likely N-dealkylation sites (tertiary alicyclic amines) is 1. The molecular formula is C23H23N3O2S. The SMILES string of the molecule is Cc1ccc(-c2nc(C(=O)N3CCC(C(=O)Nc4ccccc4)CC3)cs2)cc1. The quantitative estimate of drug-likeness (QED) is 0.689. The number of benzene rings is 2. The molecule has 2 heterocycles. The summed E-state index contributed by atoms with van der Waals surface area (Å²) in [6.07, 6.45) is 1.33. The molecule has 0 bridgehead atoms. The second-order valence-electron chi connectivity index (χ2n) is 7.33. The lowest BCUT2D eigenvalue weighted by molar-refractivity contribution is -0.121. The van der Waals surface area contributed by atoms with Crippen LogP contribution < -0.4 is 5.32 Å². The summed E-state index contributed by atoms with van der Waals surface area (Å²) in [4.78, 5) is 31.7. The fourth-order valence-electron chi connectivity index (χ4n) is 3.47. The number of hydrogen-bond donors (Lipinski definition) is 1. The van der Waals surface area contributed by atoms with Crippen LogP contribution in [0.5, 0.6) is 0 Å². The lowest BCUT2D eigenvalue weighted by atomic mass is 9.95. The van der Waals surface area contributed by atoms with Crippen molar-refractivity contribution in [3.63, 3.8) is 0 Å². The highest BCUT2D eigenvalue weighted by Gasteiger charge is 2.28. The summed E-state index contributed by atoms with van der Waals surface area (Å²) in [6, 6.07) is 17.6. The Kier molecular flexibility index (Phi) is 5.71. The lowest BCUT2D eigenvalue weighted by Crippen LogP contribution is -2.41. The van der Waals surface area contributed by atoms with Gasteiger partial charge >= 0.3 is 0 Å². The van der Waals surface area contributed by atoms with Gasteiger partial charge in [-0.3, -0.25) is 9.59 Å². The molecule has 1 aliphatic heterocycles. The van der Waals surface area contributed by atoms with Crippen LogP contribution in [0.15, 0.2) is 60.0 Å². The van der Waals surface area contributed by atoms with Crippen LogP contribution in [-0.2, 0) is 4.79 Å². The summed E-state index contributed by atoms with van der Waals surface area (Å²) in [7, 11) is 0. The first-order chi connectivity index (χ1) is 14.1. The van der Waals surface area contributed by atoms with E-state index in [1.165, 1.54) is 16.9 Å². The minimum Gasteiger partial charge on any atom is -0.337 e. The van der Waals surface area contributed by atoms with E-state index in [2.05, 4.69) is 10.3 Å². The molecule has 0 aliphatic carbocycles. The van der Waals surface area contributed by atoms with Gasteiger partial charge in [0.1, 0.15) is 10.7 Å². The van der Waals surface area contributed by atoms with Crippen molar-refractivity contribution in [3.8, 4) is 10.6 Å². The second-order valence-corrected chi connectivity index (χ2v) is 8.18. The van der Waals surface area contributed by atoms with E-state index in [1.807, 2.05) is 66.9 Å². The van der Waals surface area contributed by atoms with Gasteiger partial charge in [-0.15, -0.1) is 11.3 Å². The molecule has 1 aliphatic rings. The molecule has 1 N–H and O–H groups in total. The summed E-state index contributed by atoms with van der Waals surface area (Å²) in [5.41, 5.74) is 3.51. The summed E-state index contributed by atoms with van der Waals surface area (Å²) < 4.78 is 0. The van der Waals surface area contributed by atoms with Gasteiger partial charge in [-0.2, -0.15) is 0 Å². The summed E-state index contributed by atoms with van der Waals surface area (Å²) in [5.74, 6) is -0.0991. The molecule has 1 fully saturated rings. The fraction of sp³-hybridized carbons (Fsp3) is 0.261. The van der Waals surface area contributed by atoms with Crippen LogP contribution in [0.3, 0.4) is 0 Å². The monoisotopic (exact) mass is 405 g/mol. The van der Waals surface area contributed by atoms with Gasteiger partial charge in [0, 0.05) is 35.6 Å². The average molecular weight is 406 g/mol. The van der Waals surface area contributed by atoms with Crippen molar-refractivity contribution in [2.45, 2.75) is 19.8 Å². The van der Waals surface area contributed by atoms with Crippen molar-refractivity contribution in [2.75, 3.05) is 18.4 Å². The van der Waals surface area contributed by atoms with Gasteiger partial charge in [0.15, 0.2) is 0 Å². The predicted molar refractivity (Wildman–Crippen MR) is 116 cm³/mol. The molecule has 0 radical (unpaired) electrons. The van der Waals surface area contributed by atoms with Crippen LogP contribution in [0.2, 0.25) is 0 Å². The third kappa shape index (κ3) is 4.54. The molecule has 6 heteroatoms. The maximum absolute atomic E-state index is 12.8. The fourth-order valence-corrected chi connectivity index (χ4v) is 4.27. The third-order valence-electron chi connectivity index (χ3n) is 5.22. The normalized spacial score (nSPS) is 14.6. The van der Waals surface area contributed by atoms with Crippen LogP contribution in [0.4, 0.5) is 5.69 Å². The van der Waals surface area contributed by atoms with E-state index in [1.54, 1.807) is 4.90 Å². The van der Waals surface area contributed by atoms with Crippen molar-refractivity contribution < 1.29 is 9.59 Å². The van der Waals surface area contributed by atoms with Crippen LogP contribution in [-0.4, -0.2) is 34.8 Å². The number of piperidine rings is 1. The highest BCUT2D eigenvalue weighted by atomic mass is 32.1. The van der Waals surface area contributed by atoms with Crippen molar-refractivity contribution in [2.24, 2.45) is 5.92 Å². The molecule has 0 saturated carbocycles. The highest BCUT2D eigenvalue weighted by Crippen LogP contribution is 2.26. The Hall–Kier alpha value is -2.99. The first kappa shape index (κ1) is 19.3. The topological polar surface area (TPSA) is 62.3 Å². The summed E-state index contributed by atoms with van der Waals surface area (Å²) in [5, 5.41) is 5.64. The minimum absolute atomic E-state index is 0.0265. The number of amides is 2. The molecule has 4 rings (SSSR count). The standard InChI is InChI=1S/C23H23N3O2S/c1-16-7-9-18(10-8-16)22-25-20(15-29-22)23(28)26-13-11-17(12-14-26)21(27)24-19-5-3-2-4-6-19/h2-10,15,17H,11-14H2,1H3,(H,24,27). The summed E-state index contributed by atoms with van der Waals surface area (Å²) >= 11 is 1.48. The first-order valence-corrected chi connectivity index (χ1v) is 10.7. The Morgan fingerprint density at radius 1 is 1.03 bits per heavy atom. The van der Waals surface area contributed by atoms with E-state index in [4.69, 9.17) is 0 Å². The Morgan fingerprint density at radius 3 is 2.41 bits per heavy atom. The number of nitrogens with zero attached hydrogens (tertiary/aromatic N) is 2. The van der Waals surface area contributed by atoms with Gasteiger partial charge < -0.3 is 10.2 Å². The number of carbonyl (C=O) groups is 2. The van der Waals surface area contributed by atoms with Crippen molar-refractivity contribution in [3.05, 3.63) is 71.2 Å². The van der Waals surface area contributed by atoms with Crippen LogP contribution >= 0.6 is 11.3 Å². The number of carbonyl (C=O) groups excluding carboxylic acids is 2. The number of hydrogen-bond acceptors (Lipinski definition) is 4. The van der Waals surface area contributed by atoms with Gasteiger partial charge in [-0.05, 0) is 31.9 Å². The molecule has 3 aromatic rings. The molecule has 0 unspecified atom stereocenters. The molecule has 1 saturated heterocycles. The first-order valence-electron chi connectivity index (χ1n) is 9.78. The zero-order chi connectivity index (χ0) is 20.2. The maximum Gasteiger partial charge on any atom is 0.273 e. The molecule has 0 atom stereocenters. The smallest absolute Gasteiger partial charge is 0.273 e. The van der Waals surface area contributed by atoms with Crippen LogP contribution in [0.25, 0.3) is 10.6 Å². The van der Waals surface area contributed by atoms with E-state index in [0.717, 1.165) is 16.3 Å². The Balaban J connectivity index is 1.34. The van der Waals surface area contributed by atoms with Gasteiger partial charge in [-0.25, -0.2) is 4.98 Å². The molecule has 2 amide bonds. The van der Waals surface area contributed by atoms with E-state index < -0.39 is 0 Å². The number of thiazole rings is 1. The Bertz CT molecular complexity index is 990. The van der Waals surface area contributed by atoms with Gasteiger partial charge in [-0.1, -0.05) is 48.0 Å². The van der Waals surface area contributed by atoms with E-state index in [9.17, 15) is 9.59 Å². The number of aryl methyl sites for hydroxylation is 1. The number of para-hydroxylation sites is 1. The second kappa shape index (κ2) is 8.57. The number of anilines is 1. The minimum atomic E-state index is -0.0715. The molecule has 5 nitrogen and oxygen atoms in total. The number of rotatable bonds is 4. The molecule has 29 heavy (non-hydrogen) atoms. The molecule has 1 aromatic heterocycles. The molecule has 2 aromatic carbocycles. The zero-order valence-electron chi connectivity index (χ0n) is 16.3. The van der Waals surface area contributed by atoms with Gasteiger partial charge in [0.05, 0.1) is 0 Å². The van der Waals surface area contributed by atoms with Gasteiger partial charge in [0.2, 0.25) is 5.91 Å². The highest BCUT2D eigenvalue weighted by molar-refractivity contribution is 7.13. The predicted octanol–water partition coefficient (Wildman–Crippen LogP) is 4.61. The Morgan fingerprint density at radius 2 is 1.72 bits per heavy atom. The largest absolute Gasteiger partial charge is 0.337 e. The molecule has 148 valence electrons. The lowest BCUT2D eigenvalue weighted by Gasteiger charge is -2.30. The summed E-state index contributed by atoms with van der Waals surface area (Å²) in [6.45, 7) is 3.19. The van der Waals surface area contributed by atoms with Gasteiger partial charge in [0.25, 0.3) is 5.91 Å². The van der Waals surface area contributed by atoms with Crippen molar-refractivity contribution in [1.29, 1.82) is 0 Å². The van der Waals surface area contributed by atoms with Crippen LogP contribution in [0.1, 0.15) is 28.9 Å². The third-order valence-corrected chi connectivity index (χ3v) is 6.11. The van der Waals surface area contributed by atoms with Crippen molar-refractivity contribution in [1.82, 2.24) is 9.88 Å². The van der Waals surface area contributed by atoms with E-state index in [-0.39, 0.29) is 17.7 Å². The van der Waals surface area contributed by atoms with Crippen molar-refractivity contribution >= 4 is 28.8 Å². The van der Waals surface area contributed by atoms with Crippen LogP contribution in [0, 0.1) is 12.8 Å². The molecular weight excluding hydrogens is 382 g/mol. The van der Waals surface area contributed by atoms with E-state index >= 15 is 0 Å². The maximum atomic E-state index is 12.8. The number of nitrogens with one attached hydrogen (secondary N) is 1.